The number of hydrogen-bond acceptors (Lipinski definition) is 3. The van der Waals surface area contributed by atoms with Crippen LogP contribution >= 0.6 is 0 Å². The third-order valence-electron chi connectivity index (χ3n) is 7.00. The zero-order valence-corrected chi connectivity index (χ0v) is 19.3. The van der Waals surface area contributed by atoms with E-state index in [0.717, 1.165) is 37.1 Å². The molecule has 7 heteroatoms. The summed E-state index contributed by atoms with van der Waals surface area (Å²) in [6.07, 6.45) is -1.62. The molecule has 1 heterocycles. The molecule has 0 aliphatic heterocycles. The number of alkyl halides is 3. The Morgan fingerprint density at radius 2 is 1.57 bits per heavy atom. The van der Waals surface area contributed by atoms with Crippen molar-refractivity contribution in [2.75, 3.05) is 0 Å². The van der Waals surface area contributed by atoms with Crippen LogP contribution in [-0.2, 0) is 12.6 Å². The minimum atomic E-state index is -4.53. The lowest BCUT2D eigenvalue weighted by Crippen LogP contribution is -2.26. The molecule has 3 nitrogen and oxygen atoms in total. The fraction of sp³-hybridized carbons (Fsp3) is 0.321. The molecule has 0 amide bonds. The number of carbonyl (C=O) groups is 2. The topological polar surface area (TPSA) is 47.0 Å². The number of ketones is 2. The molecule has 0 atom stereocenters. The van der Waals surface area contributed by atoms with E-state index in [1.165, 1.54) is 24.3 Å². The van der Waals surface area contributed by atoms with E-state index >= 15 is 0 Å². The second-order valence-corrected chi connectivity index (χ2v) is 9.91. The second-order valence-electron chi connectivity index (χ2n) is 9.91. The van der Waals surface area contributed by atoms with Crippen molar-refractivity contribution in [3.05, 3.63) is 88.0 Å². The summed E-state index contributed by atoms with van der Waals surface area (Å²) >= 11 is 0. The van der Waals surface area contributed by atoms with Crippen molar-refractivity contribution in [3.8, 4) is 11.1 Å². The van der Waals surface area contributed by atoms with Gasteiger partial charge in [0.2, 0.25) is 0 Å². The monoisotopic (exact) mass is 481 g/mol. The minimum Gasteiger partial charge on any atom is -0.294 e. The van der Waals surface area contributed by atoms with Crippen molar-refractivity contribution in [2.45, 2.75) is 51.6 Å². The lowest BCUT2D eigenvalue weighted by atomic mass is 9.77. The fourth-order valence-electron chi connectivity index (χ4n) is 4.97. The van der Waals surface area contributed by atoms with Gasteiger partial charge in [0.05, 0.1) is 22.5 Å². The third kappa shape index (κ3) is 4.17. The maximum Gasteiger partial charge on any atom is 0.416 e. The number of Topliss-reactive ketones (excluding diaryl/α,β-unsaturated/α-hetero) is 1. The largest absolute Gasteiger partial charge is 0.416 e. The molecule has 2 aliphatic carbocycles. The van der Waals surface area contributed by atoms with Crippen molar-refractivity contribution in [3.63, 3.8) is 0 Å². The maximum atomic E-state index is 13.8. The van der Waals surface area contributed by atoms with E-state index in [1.54, 1.807) is 0 Å². The van der Waals surface area contributed by atoms with Crippen LogP contribution in [-0.4, -0.2) is 16.6 Å². The van der Waals surface area contributed by atoms with Crippen LogP contribution in [0.1, 0.15) is 82.3 Å². The van der Waals surface area contributed by atoms with E-state index < -0.39 is 23.3 Å². The number of carbonyl (C=O) groups excluding carboxylic acids is 2. The number of benzene rings is 2. The molecule has 0 unspecified atom stereocenters. The van der Waals surface area contributed by atoms with E-state index in [1.807, 2.05) is 13.8 Å². The Bertz CT molecular complexity index is 1340. The molecule has 0 saturated heterocycles. The number of rotatable bonds is 4. The van der Waals surface area contributed by atoms with Crippen molar-refractivity contribution in [2.24, 2.45) is 5.41 Å². The molecular weight excluding hydrogens is 458 g/mol. The summed E-state index contributed by atoms with van der Waals surface area (Å²) in [7, 11) is 0. The number of aromatic nitrogens is 1. The number of hydrogen-bond donors (Lipinski definition) is 0. The Morgan fingerprint density at radius 3 is 2.11 bits per heavy atom. The highest BCUT2D eigenvalue weighted by molar-refractivity contribution is 6.17. The van der Waals surface area contributed by atoms with Gasteiger partial charge in [0.1, 0.15) is 5.82 Å². The molecule has 1 aromatic heterocycles. The Kier molecular flexibility index (Phi) is 5.42. The Balaban J connectivity index is 1.76. The average molecular weight is 481 g/mol. The number of nitrogens with zero attached hydrogens (tertiary/aromatic N) is 1. The Hall–Kier alpha value is -3.35. The Labute approximate surface area is 200 Å². The summed E-state index contributed by atoms with van der Waals surface area (Å²) < 4.78 is 53.0. The lowest BCUT2D eigenvalue weighted by Gasteiger charge is -2.28. The van der Waals surface area contributed by atoms with Gasteiger partial charge >= 0.3 is 6.18 Å². The summed E-state index contributed by atoms with van der Waals surface area (Å²) in [4.78, 5) is 32.0. The molecule has 2 aromatic carbocycles. The highest BCUT2D eigenvalue weighted by Crippen LogP contribution is 2.55. The number of pyridine rings is 1. The van der Waals surface area contributed by atoms with Gasteiger partial charge in [-0.3, -0.25) is 14.6 Å². The molecule has 2 aliphatic rings. The molecule has 35 heavy (non-hydrogen) atoms. The summed E-state index contributed by atoms with van der Waals surface area (Å²) in [5, 5.41) is 0. The molecule has 0 N–H and O–H groups in total. The van der Waals surface area contributed by atoms with Crippen molar-refractivity contribution >= 4 is 11.6 Å². The van der Waals surface area contributed by atoms with Crippen LogP contribution in [0.25, 0.3) is 11.1 Å². The predicted molar refractivity (Wildman–Crippen MR) is 123 cm³/mol. The molecule has 180 valence electrons. The van der Waals surface area contributed by atoms with Gasteiger partial charge in [-0.2, -0.15) is 13.2 Å². The van der Waals surface area contributed by atoms with Crippen LogP contribution in [0, 0.1) is 11.2 Å². The van der Waals surface area contributed by atoms with Crippen molar-refractivity contribution in [1.29, 1.82) is 0 Å². The van der Waals surface area contributed by atoms with Gasteiger partial charge in [0, 0.05) is 23.1 Å². The zero-order valence-electron chi connectivity index (χ0n) is 19.3. The maximum absolute atomic E-state index is 13.8. The summed E-state index contributed by atoms with van der Waals surface area (Å²) in [6, 6.07) is 9.59. The van der Waals surface area contributed by atoms with Crippen LogP contribution in [0.4, 0.5) is 17.6 Å². The van der Waals surface area contributed by atoms with Gasteiger partial charge in [-0.05, 0) is 60.4 Å². The SMILES string of the molecule is CC(C)c1nc2c(c(-c3ccc(F)cc3)c1C(=O)c1ccc(C(F)(F)F)cc1)C(=O)CC1(CC1)C2. The van der Waals surface area contributed by atoms with Crippen LogP contribution in [0.3, 0.4) is 0 Å². The summed E-state index contributed by atoms with van der Waals surface area (Å²) in [5.41, 5.74) is 1.72. The molecular formula is C28H23F4NO2. The van der Waals surface area contributed by atoms with E-state index in [0.29, 0.717) is 40.9 Å². The van der Waals surface area contributed by atoms with Gasteiger partial charge in [-0.25, -0.2) is 4.39 Å². The van der Waals surface area contributed by atoms with E-state index in [2.05, 4.69) is 0 Å². The van der Waals surface area contributed by atoms with Gasteiger partial charge < -0.3 is 0 Å². The predicted octanol–water partition coefficient (Wildman–Crippen LogP) is 7.17. The summed E-state index contributed by atoms with van der Waals surface area (Å²) in [6.45, 7) is 3.76. The van der Waals surface area contributed by atoms with Gasteiger partial charge in [0.25, 0.3) is 0 Å². The molecule has 5 rings (SSSR count). The average Bonchev–Trinajstić information content (AvgIpc) is 3.55. The number of halogens is 4. The van der Waals surface area contributed by atoms with Crippen molar-refractivity contribution in [1.82, 2.24) is 4.98 Å². The van der Waals surface area contributed by atoms with Gasteiger partial charge in [-0.1, -0.05) is 38.1 Å². The van der Waals surface area contributed by atoms with E-state index in [4.69, 9.17) is 4.98 Å². The van der Waals surface area contributed by atoms with Crippen LogP contribution in [0.15, 0.2) is 48.5 Å². The van der Waals surface area contributed by atoms with Crippen LogP contribution < -0.4 is 0 Å². The fourth-order valence-corrected chi connectivity index (χ4v) is 4.97. The highest BCUT2D eigenvalue weighted by atomic mass is 19.4. The zero-order chi connectivity index (χ0) is 25.1. The first-order chi connectivity index (χ1) is 16.5. The van der Waals surface area contributed by atoms with Crippen LogP contribution in [0.5, 0.6) is 0 Å². The van der Waals surface area contributed by atoms with Crippen LogP contribution in [0.2, 0.25) is 0 Å². The normalized spacial score (nSPS) is 16.5. The second kappa shape index (κ2) is 8.11. The first-order valence-corrected chi connectivity index (χ1v) is 11.6. The molecule has 0 radical (unpaired) electrons. The number of fused-ring (bicyclic) bond motifs is 1. The molecule has 1 saturated carbocycles. The molecule has 1 spiro atoms. The first kappa shape index (κ1) is 23.4. The third-order valence-corrected chi connectivity index (χ3v) is 7.00. The lowest BCUT2D eigenvalue weighted by molar-refractivity contribution is -0.137. The van der Waals surface area contributed by atoms with E-state index in [-0.39, 0.29) is 28.2 Å². The summed E-state index contributed by atoms with van der Waals surface area (Å²) in [5.74, 6) is -1.27. The molecule has 1 fully saturated rings. The highest BCUT2D eigenvalue weighted by Gasteiger charge is 2.49. The quantitative estimate of drug-likeness (QED) is 0.293. The van der Waals surface area contributed by atoms with Gasteiger partial charge in [-0.15, -0.1) is 0 Å². The molecule has 3 aromatic rings. The molecule has 0 bridgehead atoms. The van der Waals surface area contributed by atoms with Crippen molar-refractivity contribution < 1.29 is 27.2 Å². The smallest absolute Gasteiger partial charge is 0.294 e. The standard InChI is InChI=1S/C28H23F4NO2/c1-15(2)25-24(26(35)17-3-7-18(8-4-17)28(30,31)32)22(16-5-9-19(29)10-6-16)23-20(33-25)13-27(11-12-27)14-21(23)34/h3-10,15H,11-14H2,1-2H3. The Morgan fingerprint density at radius 1 is 0.943 bits per heavy atom. The first-order valence-electron chi connectivity index (χ1n) is 11.6. The van der Waals surface area contributed by atoms with Gasteiger partial charge in [0.15, 0.2) is 11.6 Å². The van der Waals surface area contributed by atoms with E-state index in [9.17, 15) is 27.2 Å². The minimum absolute atomic E-state index is 0.0620.